The Morgan fingerprint density at radius 1 is 1.46 bits per heavy atom. The van der Waals surface area contributed by atoms with Crippen LogP contribution in [0.5, 0.6) is 0 Å². The molecule has 0 aliphatic heterocycles. The summed E-state index contributed by atoms with van der Waals surface area (Å²) in [5.74, 6) is 0. The summed E-state index contributed by atoms with van der Waals surface area (Å²) >= 11 is 0. The van der Waals surface area contributed by atoms with Gasteiger partial charge in [-0.3, -0.25) is 0 Å². The first-order valence-electron chi connectivity index (χ1n) is 4.78. The van der Waals surface area contributed by atoms with Crippen LogP contribution in [0.15, 0.2) is 10.7 Å². The van der Waals surface area contributed by atoms with E-state index in [0.717, 1.165) is 5.69 Å². The SMILES string of the molecule is CC(C)(C)c1coc(NC2CC2)n1. The summed E-state index contributed by atoms with van der Waals surface area (Å²) in [5.41, 5.74) is 1.09. The molecule has 1 heterocycles. The Hall–Kier alpha value is -0.990. The van der Waals surface area contributed by atoms with Crippen molar-refractivity contribution in [3.63, 3.8) is 0 Å². The van der Waals surface area contributed by atoms with Crippen LogP contribution in [0.25, 0.3) is 0 Å². The third-order valence-electron chi connectivity index (χ3n) is 2.18. The van der Waals surface area contributed by atoms with Crippen molar-refractivity contribution in [3.8, 4) is 0 Å². The lowest BCUT2D eigenvalue weighted by Crippen LogP contribution is -2.11. The largest absolute Gasteiger partial charge is 0.432 e. The standard InChI is InChI=1S/C10H16N2O/c1-10(2,3)8-6-13-9(12-8)11-7-4-5-7/h6-7H,4-5H2,1-3H3,(H,11,12). The van der Waals surface area contributed by atoms with Crippen LogP contribution in [0, 0.1) is 0 Å². The van der Waals surface area contributed by atoms with Gasteiger partial charge in [0.15, 0.2) is 0 Å². The average Bonchev–Trinajstić information content (AvgIpc) is 2.63. The first kappa shape index (κ1) is 8.60. The fourth-order valence-electron chi connectivity index (χ4n) is 1.09. The minimum absolute atomic E-state index is 0.0764. The highest BCUT2D eigenvalue weighted by Gasteiger charge is 2.24. The number of oxazole rings is 1. The maximum atomic E-state index is 5.32. The van der Waals surface area contributed by atoms with Gasteiger partial charge in [-0.2, -0.15) is 4.98 Å². The van der Waals surface area contributed by atoms with Gasteiger partial charge in [0.25, 0.3) is 6.01 Å². The predicted octanol–water partition coefficient (Wildman–Crippen LogP) is 2.55. The summed E-state index contributed by atoms with van der Waals surface area (Å²) in [5, 5.41) is 3.23. The third kappa shape index (κ3) is 2.02. The highest BCUT2D eigenvalue weighted by atomic mass is 16.4. The Kier molecular flexibility index (Phi) is 1.82. The number of anilines is 1. The van der Waals surface area contributed by atoms with Gasteiger partial charge in [-0.05, 0) is 12.8 Å². The van der Waals surface area contributed by atoms with E-state index in [2.05, 4.69) is 31.1 Å². The van der Waals surface area contributed by atoms with Crippen LogP contribution in [0.2, 0.25) is 0 Å². The Morgan fingerprint density at radius 3 is 2.62 bits per heavy atom. The Labute approximate surface area is 78.5 Å². The van der Waals surface area contributed by atoms with E-state index < -0.39 is 0 Å². The highest BCUT2D eigenvalue weighted by molar-refractivity contribution is 5.27. The van der Waals surface area contributed by atoms with Crippen molar-refractivity contribution in [1.82, 2.24) is 4.98 Å². The number of nitrogens with one attached hydrogen (secondary N) is 1. The molecule has 1 aromatic rings. The van der Waals surface area contributed by atoms with Crippen molar-refractivity contribution in [2.75, 3.05) is 5.32 Å². The summed E-state index contributed by atoms with van der Waals surface area (Å²) < 4.78 is 5.32. The lowest BCUT2D eigenvalue weighted by Gasteiger charge is -2.12. The third-order valence-corrected chi connectivity index (χ3v) is 2.18. The maximum absolute atomic E-state index is 5.32. The van der Waals surface area contributed by atoms with Crippen molar-refractivity contribution in [3.05, 3.63) is 12.0 Å². The molecule has 0 saturated heterocycles. The van der Waals surface area contributed by atoms with Gasteiger partial charge in [0.1, 0.15) is 6.26 Å². The molecule has 0 unspecified atom stereocenters. The summed E-state index contributed by atoms with van der Waals surface area (Å²) in [6.45, 7) is 6.39. The fraction of sp³-hybridized carbons (Fsp3) is 0.700. The zero-order valence-electron chi connectivity index (χ0n) is 8.42. The van der Waals surface area contributed by atoms with Crippen LogP contribution >= 0.6 is 0 Å². The molecule has 0 atom stereocenters. The Bertz CT molecular complexity index is 294. The van der Waals surface area contributed by atoms with Crippen LogP contribution in [0.3, 0.4) is 0 Å². The molecule has 2 rings (SSSR count). The predicted molar refractivity (Wildman–Crippen MR) is 51.8 cm³/mol. The normalized spacial score (nSPS) is 17.5. The van der Waals surface area contributed by atoms with Crippen molar-refractivity contribution < 1.29 is 4.42 Å². The monoisotopic (exact) mass is 180 g/mol. The van der Waals surface area contributed by atoms with Gasteiger partial charge >= 0.3 is 0 Å². The van der Waals surface area contributed by atoms with Crippen LogP contribution < -0.4 is 5.32 Å². The van der Waals surface area contributed by atoms with Crippen LogP contribution in [-0.4, -0.2) is 11.0 Å². The molecule has 0 amide bonds. The van der Waals surface area contributed by atoms with Crippen LogP contribution in [0.1, 0.15) is 39.3 Å². The van der Waals surface area contributed by atoms with Gasteiger partial charge in [-0.15, -0.1) is 0 Å². The number of aromatic nitrogens is 1. The second-order valence-corrected chi connectivity index (χ2v) is 4.71. The highest BCUT2D eigenvalue weighted by Crippen LogP contribution is 2.27. The van der Waals surface area contributed by atoms with E-state index in [4.69, 9.17) is 4.42 Å². The summed E-state index contributed by atoms with van der Waals surface area (Å²) in [6.07, 6.45) is 4.23. The first-order chi connectivity index (χ1) is 6.05. The molecule has 0 radical (unpaired) electrons. The van der Waals surface area contributed by atoms with Gasteiger partial charge in [-0.1, -0.05) is 20.8 Å². The molecule has 13 heavy (non-hydrogen) atoms. The van der Waals surface area contributed by atoms with Crippen LogP contribution in [-0.2, 0) is 5.41 Å². The van der Waals surface area contributed by atoms with Gasteiger partial charge in [0.05, 0.1) is 5.69 Å². The minimum Gasteiger partial charge on any atom is -0.432 e. The number of rotatable bonds is 2. The van der Waals surface area contributed by atoms with Gasteiger partial charge in [0.2, 0.25) is 0 Å². The van der Waals surface area contributed by atoms with E-state index in [1.165, 1.54) is 12.8 Å². The van der Waals surface area contributed by atoms with Crippen molar-refractivity contribution in [2.24, 2.45) is 0 Å². The zero-order valence-corrected chi connectivity index (χ0v) is 8.42. The number of hydrogen-bond donors (Lipinski definition) is 1. The molecule has 1 aliphatic rings. The molecule has 1 N–H and O–H groups in total. The van der Waals surface area contributed by atoms with Crippen molar-refractivity contribution >= 4 is 6.01 Å². The van der Waals surface area contributed by atoms with E-state index in [1.807, 2.05) is 0 Å². The molecule has 0 aromatic carbocycles. The average molecular weight is 180 g/mol. The molecular weight excluding hydrogens is 164 g/mol. The zero-order chi connectivity index (χ0) is 9.47. The first-order valence-corrected chi connectivity index (χ1v) is 4.78. The molecule has 0 bridgehead atoms. The molecule has 0 spiro atoms. The molecule has 1 saturated carbocycles. The summed E-state index contributed by atoms with van der Waals surface area (Å²) in [6, 6.07) is 1.28. The van der Waals surface area contributed by atoms with Gasteiger partial charge < -0.3 is 9.73 Å². The van der Waals surface area contributed by atoms with Gasteiger partial charge in [0, 0.05) is 11.5 Å². The molecule has 3 nitrogen and oxygen atoms in total. The quantitative estimate of drug-likeness (QED) is 0.760. The number of nitrogens with zero attached hydrogens (tertiary/aromatic N) is 1. The molecule has 1 fully saturated rings. The maximum Gasteiger partial charge on any atom is 0.294 e. The molecule has 72 valence electrons. The van der Waals surface area contributed by atoms with E-state index in [0.29, 0.717) is 12.1 Å². The van der Waals surface area contributed by atoms with E-state index in [9.17, 15) is 0 Å². The molecule has 1 aliphatic carbocycles. The lowest BCUT2D eigenvalue weighted by atomic mass is 9.93. The van der Waals surface area contributed by atoms with Crippen molar-refractivity contribution in [2.45, 2.75) is 45.1 Å². The summed E-state index contributed by atoms with van der Waals surface area (Å²) in [4.78, 5) is 4.38. The van der Waals surface area contributed by atoms with E-state index in [1.54, 1.807) is 6.26 Å². The number of hydrogen-bond acceptors (Lipinski definition) is 3. The van der Waals surface area contributed by atoms with Crippen molar-refractivity contribution in [1.29, 1.82) is 0 Å². The summed E-state index contributed by atoms with van der Waals surface area (Å²) in [7, 11) is 0. The molecule has 1 aromatic heterocycles. The van der Waals surface area contributed by atoms with Gasteiger partial charge in [-0.25, -0.2) is 0 Å². The molecular formula is C10H16N2O. The van der Waals surface area contributed by atoms with E-state index >= 15 is 0 Å². The lowest BCUT2D eigenvalue weighted by molar-refractivity contribution is 0.542. The fourth-order valence-corrected chi connectivity index (χ4v) is 1.09. The Morgan fingerprint density at radius 2 is 2.15 bits per heavy atom. The minimum atomic E-state index is 0.0764. The second kappa shape index (κ2) is 2.76. The Balaban J connectivity index is 2.08. The molecule has 3 heteroatoms. The smallest absolute Gasteiger partial charge is 0.294 e. The van der Waals surface area contributed by atoms with E-state index in [-0.39, 0.29) is 5.41 Å². The topological polar surface area (TPSA) is 38.1 Å². The second-order valence-electron chi connectivity index (χ2n) is 4.71. The van der Waals surface area contributed by atoms with Crippen LogP contribution in [0.4, 0.5) is 6.01 Å².